The molecule has 0 bridgehead atoms. The number of nitrogens with one attached hydrogen (secondary N) is 1. The lowest BCUT2D eigenvalue weighted by Crippen LogP contribution is -2.45. The minimum absolute atomic E-state index is 0.107. The van der Waals surface area contributed by atoms with Crippen LogP contribution in [-0.2, 0) is 19.1 Å². The van der Waals surface area contributed by atoms with Gasteiger partial charge in [0.25, 0.3) is 0 Å². The highest BCUT2D eigenvalue weighted by Gasteiger charge is 2.39. The number of carbonyl (C=O) groups is 2. The first-order valence-corrected chi connectivity index (χ1v) is 8.62. The van der Waals surface area contributed by atoms with Crippen LogP contribution in [-0.4, -0.2) is 43.8 Å². The zero-order valence-corrected chi connectivity index (χ0v) is 14.6. The number of ether oxygens (including phenoxy) is 3. The van der Waals surface area contributed by atoms with Crippen molar-refractivity contribution in [1.82, 2.24) is 10.3 Å². The number of carbonyl (C=O) groups excluding carboxylic acids is 2. The zero-order chi connectivity index (χ0) is 17.8. The molecule has 1 aromatic rings. The minimum atomic E-state index is -0.377. The van der Waals surface area contributed by atoms with E-state index in [1.165, 1.54) is 7.11 Å². The minimum Gasteiger partial charge on any atom is -0.491 e. The molecule has 1 aliphatic heterocycles. The summed E-state index contributed by atoms with van der Waals surface area (Å²) in [6, 6.07) is 3.48. The molecule has 25 heavy (non-hydrogen) atoms. The number of nitrogens with zero attached hydrogens (tertiary/aromatic N) is 1. The predicted octanol–water partition coefficient (Wildman–Crippen LogP) is 1.63. The lowest BCUT2D eigenvalue weighted by molar-refractivity contribution is -0.150. The van der Waals surface area contributed by atoms with Gasteiger partial charge in [0, 0.05) is 19.7 Å². The van der Waals surface area contributed by atoms with Gasteiger partial charge in [0.15, 0.2) is 0 Å². The number of pyridine rings is 1. The maximum atomic E-state index is 12.9. The van der Waals surface area contributed by atoms with Gasteiger partial charge in [-0.15, -0.1) is 0 Å². The fourth-order valence-electron chi connectivity index (χ4n) is 3.71. The van der Waals surface area contributed by atoms with Crippen LogP contribution in [0.1, 0.15) is 37.4 Å². The summed E-state index contributed by atoms with van der Waals surface area (Å²) in [4.78, 5) is 29.1. The lowest BCUT2D eigenvalue weighted by atomic mass is 9.78. The Labute approximate surface area is 147 Å². The van der Waals surface area contributed by atoms with Crippen LogP contribution in [0.3, 0.4) is 0 Å². The molecule has 136 valence electrons. The van der Waals surface area contributed by atoms with Gasteiger partial charge in [0.1, 0.15) is 11.4 Å². The summed E-state index contributed by atoms with van der Waals surface area (Å²) < 4.78 is 15.9. The van der Waals surface area contributed by atoms with Crippen molar-refractivity contribution in [3.63, 3.8) is 0 Å². The molecular formula is C18H24N2O5. The van der Waals surface area contributed by atoms with Gasteiger partial charge in [0.05, 0.1) is 37.7 Å². The Bertz CT molecular complexity index is 636. The molecule has 4 unspecified atom stereocenters. The van der Waals surface area contributed by atoms with Crippen molar-refractivity contribution in [2.24, 2.45) is 11.8 Å². The molecule has 1 aliphatic carbocycles. The standard InChI is InChI=1S/C18H24N2O5/c1-23-14-6-5-11(18(22)24-2)10-12(14)17(21)20-13-7-9-25-15-4-3-8-19-16(13)15/h3-4,8,11-14H,5-7,9-10H2,1-2H3,(H,20,21). The summed E-state index contributed by atoms with van der Waals surface area (Å²) in [7, 11) is 2.99. The second kappa shape index (κ2) is 7.82. The number of methoxy groups -OCH3 is 2. The Morgan fingerprint density at radius 2 is 2.12 bits per heavy atom. The summed E-state index contributed by atoms with van der Waals surface area (Å²) in [5.41, 5.74) is 0.747. The predicted molar refractivity (Wildman–Crippen MR) is 88.9 cm³/mol. The van der Waals surface area contributed by atoms with Crippen LogP contribution in [0.25, 0.3) is 0 Å². The van der Waals surface area contributed by atoms with E-state index < -0.39 is 0 Å². The molecule has 1 aromatic heterocycles. The highest BCUT2D eigenvalue weighted by molar-refractivity contribution is 5.81. The molecule has 2 aliphatic rings. The van der Waals surface area contributed by atoms with E-state index in [0.29, 0.717) is 38.0 Å². The van der Waals surface area contributed by atoms with Gasteiger partial charge in [-0.3, -0.25) is 14.6 Å². The average Bonchev–Trinajstić information content (AvgIpc) is 2.67. The van der Waals surface area contributed by atoms with Gasteiger partial charge in [-0.2, -0.15) is 0 Å². The van der Waals surface area contributed by atoms with Crippen molar-refractivity contribution in [3.05, 3.63) is 24.0 Å². The Kier molecular flexibility index (Phi) is 5.53. The number of esters is 1. The molecule has 7 nitrogen and oxygen atoms in total. The van der Waals surface area contributed by atoms with Crippen LogP contribution in [0.2, 0.25) is 0 Å². The SMILES string of the molecule is COC(=O)C1CCC(OC)C(C(=O)NC2CCOc3cccnc32)C1. The first-order valence-electron chi connectivity index (χ1n) is 8.62. The molecular weight excluding hydrogens is 324 g/mol. The summed E-state index contributed by atoms with van der Waals surface area (Å²) in [5.74, 6) is -0.294. The molecule has 7 heteroatoms. The second-order valence-electron chi connectivity index (χ2n) is 6.50. The van der Waals surface area contributed by atoms with Crippen LogP contribution in [0.15, 0.2) is 18.3 Å². The largest absolute Gasteiger partial charge is 0.491 e. The zero-order valence-electron chi connectivity index (χ0n) is 14.6. The van der Waals surface area contributed by atoms with Crippen molar-refractivity contribution < 1.29 is 23.8 Å². The molecule has 3 rings (SSSR count). The van der Waals surface area contributed by atoms with E-state index in [1.54, 1.807) is 13.3 Å². The Morgan fingerprint density at radius 3 is 2.88 bits per heavy atom. The monoisotopic (exact) mass is 348 g/mol. The quantitative estimate of drug-likeness (QED) is 0.832. The van der Waals surface area contributed by atoms with Gasteiger partial charge in [-0.05, 0) is 31.4 Å². The molecule has 4 atom stereocenters. The van der Waals surface area contributed by atoms with Gasteiger partial charge in [-0.1, -0.05) is 0 Å². The summed E-state index contributed by atoms with van der Waals surface area (Å²) >= 11 is 0. The van der Waals surface area contributed by atoms with Crippen LogP contribution in [0.5, 0.6) is 5.75 Å². The van der Waals surface area contributed by atoms with Gasteiger partial charge < -0.3 is 19.5 Å². The van der Waals surface area contributed by atoms with E-state index in [4.69, 9.17) is 14.2 Å². The number of hydrogen-bond donors (Lipinski definition) is 1. The molecule has 2 heterocycles. The van der Waals surface area contributed by atoms with E-state index >= 15 is 0 Å². The van der Waals surface area contributed by atoms with Crippen molar-refractivity contribution in [1.29, 1.82) is 0 Å². The third kappa shape index (κ3) is 3.76. The number of amides is 1. The van der Waals surface area contributed by atoms with Gasteiger partial charge in [0.2, 0.25) is 5.91 Å². The normalized spacial score (nSPS) is 28.4. The van der Waals surface area contributed by atoms with Crippen LogP contribution in [0.4, 0.5) is 0 Å². The first-order chi connectivity index (χ1) is 12.1. The van der Waals surface area contributed by atoms with E-state index in [0.717, 1.165) is 5.69 Å². The van der Waals surface area contributed by atoms with E-state index in [9.17, 15) is 9.59 Å². The highest BCUT2D eigenvalue weighted by Crippen LogP contribution is 2.34. The molecule has 0 aromatic carbocycles. The lowest BCUT2D eigenvalue weighted by Gasteiger charge is -2.34. The molecule has 1 fully saturated rings. The van der Waals surface area contributed by atoms with Crippen molar-refractivity contribution in [2.45, 2.75) is 37.8 Å². The van der Waals surface area contributed by atoms with Crippen LogP contribution >= 0.6 is 0 Å². The van der Waals surface area contributed by atoms with Crippen molar-refractivity contribution in [2.75, 3.05) is 20.8 Å². The van der Waals surface area contributed by atoms with E-state index in [1.807, 2.05) is 12.1 Å². The van der Waals surface area contributed by atoms with Crippen LogP contribution in [0, 0.1) is 11.8 Å². The van der Waals surface area contributed by atoms with Gasteiger partial charge in [-0.25, -0.2) is 0 Å². The number of fused-ring (bicyclic) bond motifs is 1. The van der Waals surface area contributed by atoms with Crippen LogP contribution < -0.4 is 10.1 Å². The third-order valence-corrected chi connectivity index (χ3v) is 5.07. The molecule has 1 amide bonds. The molecule has 0 spiro atoms. The fraction of sp³-hybridized carbons (Fsp3) is 0.611. The smallest absolute Gasteiger partial charge is 0.308 e. The average molecular weight is 348 g/mol. The molecule has 0 radical (unpaired) electrons. The number of aromatic nitrogens is 1. The maximum absolute atomic E-state index is 12.9. The Hall–Kier alpha value is -2.15. The van der Waals surface area contributed by atoms with E-state index in [2.05, 4.69) is 10.3 Å². The fourth-order valence-corrected chi connectivity index (χ4v) is 3.71. The number of rotatable bonds is 4. The Morgan fingerprint density at radius 1 is 1.28 bits per heavy atom. The second-order valence-corrected chi connectivity index (χ2v) is 6.50. The Balaban J connectivity index is 1.72. The van der Waals surface area contributed by atoms with Crippen molar-refractivity contribution in [3.8, 4) is 5.75 Å². The van der Waals surface area contributed by atoms with E-state index in [-0.39, 0.29) is 35.9 Å². The number of hydrogen-bond acceptors (Lipinski definition) is 6. The highest BCUT2D eigenvalue weighted by atomic mass is 16.5. The topological polar surface area (TPSA) is 86.8 Å². The molecule has 0 saturated heterocycles. The van der Waals surface area contributed by atoms with Gasteiger partial charge >= 0.3 is 5.97 Å². The first kappa shape index (κ1) is 17.7. The summed E-state index contributed by atoms with van der Waals surface area (Å²) in [5, 5.41) is 3.07. The summed E-state index contributed by atoms with van der Waals surface area (Å²) in [6.07, 6.45) is 3.95. The molecule has 1 saturated carbocycles. The third-order valence-electron chi connectivity index (χ3n) is 5.07. The maximum Gasteiger partial charge on any atom is 0.308 e. The molecule has 1 N–H and O–H groups in total. The summed E-state index contributed by atoms with van der Waals surface area (Å²) in [6.45, 7) is 0.535. The van der Waals surface area contributed by atoms with Crippen molar-refractivity contribution >= 4 is 11.9 Å².